The molecule has 0 bridgehead atoms. The lowest BCUT2D eigenvalue weighted by Gasteiger charge is -2.13. The first-order valence-electron chi connectivity index (χ1n) is 3.06. The van der Waals surface area contributed by atoms with E-state index in [2.05, 4.69) is 4.43 Å². The van der Waals surface area contributed by atoms with Crippen LogP contribution in [-0.2, 0) is 9.22 Å². The van der Waals surface area contributed by atoms with Gasteiger partial charge in [-0.3, -0.25) is 0 Å². The van der Waals surface area contributed by atoms with Gasteiger partial charge in [-0.05, 0) is 13.8 Å². The van der Waals surface area contributed by atoms with E-state index in [9.17, 15) is 4.79 Å². The second-order valence-electron chi connectivity index (χ2n) is 2.05. The molecular formula is C5H12O4Si. The van der Waals surface area contributed by atoms with Gasteiger partial charge in [-0.15, -0.1) is 0 Å². The average molecular weight is 164 g/mol. The Labute approximate surface area is 60.8 Å². The van der Waals surface area contributed by atoms with Crippen molar-refractivity contribution in [2.24, 2.45) is 0 Å². The summed E-state index contributed by atoms with van der Waals surface area (Å²) >= 11 is 0. The van der Waals surface area contributed by atoms with Gasteiger partial charge in [-0.2, -0.15) is 0 Å². The Bertz CT molecular complexity index is 123. The predicted molar refractivity (Wildman–Crippen MR) is 37.3 cm³/mol. The molecule has 0 fully saturated rings. The predicted octanol–water partition coefficient (Wildman–Crippen LogP) is -0.465. The van der Waals surface area contributed by atoms with Gasteiger partial charge in [0.25, 0.3) is 0 Å². The molecule has 0 rings (SSSR count). The number of hydrogen-bond donors (Lipinski definition) is 2. The average Bonchev–Trinajstić information content (AvgIpc) is 1.59. The Balaban J connectivity index is 3.74. The molecule has 0 spiro atoms. The van der Waals surface area contributed by atoms with E-state index in [4.69, 9.17) is 9.59 Å². The summed E-state index contributed by atoms with van der Waals surface area (Å²) in [5.41, 5.74) is 0. The van der Waals surface area contributed by atoms with Crippen molar-refractivity contribution in [2.45, 2.75) is 19.9 Å². The van der Waals surface area contributed by atoms with Gasteiger partial charge in [0, 0.05) is 6.61 Å². The lowest BCUT2D eigenvalue weighted by Crippen LogP contribution is -2.40. The molecule has 0 amide bonds. The van der Waals surface area contributed by atoms with Gasteiger partial charge in [-0.1, -0.05) is 0 Å². The fraction of sp³-hybridized carbons (Fsp3) is 0.800. The molecule has 0 aromatic carbocycles. The largest absolute Gasteiger partial charge is 0.503 e. The summed E-state index contributed by atoms with van der Waals surface area (Å²) in [4.78, 5) is 28.2. The van der Waals surface area contributed by atoms with E-state index in [1.165, 1.54) is 6.92 Å². The molecule has 0 aromatic rings. The maximum Gasteiger partial charge on any atom is 0.503 e. The summed E-state index contributed by atoms with van der Waals surface area (Å²) in [5.74, 6) is -0.259. The number of carbonyl (C=O) groups is 1. The highest BCUT2D eigenvalue weighted by Crippen LogP contribution is 2.02. The second-order valence-corrected chi connectivity index (χ2v) is 4.18. The standard InChI is InChI=1S/C5H12O4Si/c1-3-9-10(7,8)4-5(2)6/h7-8H,3-4H2,1-2H3. The monoisotopic (exact) mass is 164 g/mol. The molecule has 0 unspecified atom stereocenters. The zero-order chi connectivity index (χ0) is 8.20. The first-order valence-corrected chi connectivity index (χ1v) is 5.07. The molecule has 0 aliphatic heterocycles. The lowest BCUT2D eigenvalue weighted by molar-refractivity contribution is -0.115. The molecule has 0 aliphatic rings. The van der Waals surface area contributed by atoms with E-state index in [1.54, 1.807) is 6.92 Å². The Hall–Kier alpha value is -0.233. The third-order valence-electron chi connectivity index (χ3n) is 0.855. The molecule has 4 nitrogen and oxygen atoms in total. The molecule has 0 atom stereocenters. The van der Waals surface area contributed by atoms with E-state index in [0.29, 0.717) is 0 Å². The minimum atomic E-state index is -3.62. The van der Waals surface area contributed by atoms with Crippen LogP contribution in [-0.4, -0.2) is 30.8 Å². The van der Waals surface area contributed by atoms with Crippen LogP contribution in [0, 0.1) is 0 Å². The van der Waals surface area contributed by atoms with Gasteiger partial charge < -0.3 is 18.8 Å². The highest BCUT2D eigenvalue weighted by molar-refractivity contribution is 6.61. The maximum atomic E-state index is 10.4. The molecule has 0 radical (unpaired) electrons. The normalized spacial score (nSPS) is 11.6. The lowest BCUT2D eigenvalue weighted by atomic mass is 10.5. The summed E-state index contributed by atoms with van der Waals surface area (Å²) < 4.78 is 4.57. The maximum absolute atomic E-state index is 10.4. The van der Waals surface area contributed by atoms with Gasteiger partial charge in [0.1, 0.15) is 5.78 Å². The molecule has 10 heavy (non-hydrogen) atoms. The Morgan fingerprint density at radius 3 is 2.40 bits per heavy atom. The van der Waals surface area contributed by atoms with E-state index >= 15 is 0 Å². The molecule has 0 heterocycles. The SMILES string of the molecule is CCO[Si](O)(O)CC(C)=O. The second kappa shape index (κ2) is 3.82. The van der Waals surface area contributed by atoms with E-state index in [0.717, 1.165) is 0 Å². The van der Waals surface area contributed by atoms with Crippen LogP contribution in [0.2, 0.25) is 6.04 Å². The molecule has 2 N–H and O–H groups in total. The molecule has 0 aromatic heterocycles. The Kier molecular flexibility index (Phi) is 3.73. The van der Waals surface area contributed by atoms with Gasteiger partial charge >= 0.3 is 8.80 Å². The van der Waals surface area contributed by atoms with Crippen molar-refractivity contribution in [1.82, 2.24) is 0 Å². The highest BCUT2D eigenvalue weighted by atomic mass is 28.4. The Morgan fingerprint density at radius 1 is 1.60 bits per heavy atom. The molecule has 0 saturated heterocycles. The van der Waals surface area contributed by atoms with E-state index < -0.39 is 8.80 Å². The van der Waals surface area contributed by atoms with Crippen LogP contribution in [0.3, 0.4) is 0 Å². The van der Waals surface area contributed by atoms with Crippen molar-refractivity contribution in [3.8, 4) is 0 Å². The van der Waals surface area contributed by atoms with Gasteiger partial charge in [0.15, 0.2) is 0 Å². The van der Waals surface area contributed by atoms with Gasteiger partial charge in [0.2, 0.25) is 0 Å². The minimum Gasteiger partial charge on any atom is -0.390 e. The van der Waals surface area contributed by atoms with Crippen molar-refractivity contribution < 1.29 is 18.8 Å². The highest BCUT2D eigenvalue weighted by Gasteiger charge is 2.33. The van der Waals surface area contributed by atoms with Crippen LogP contribution in [0.15, 0.2) is 0 Å². The van der Waals surface area contributed by atoms with Crippen molar-refractivity contribution in [3.05, 3.63) is 0 Å². The fourth-order valence-electron chi connectivity index (χ4n) is 0.606. The molecule has 0 saturated carbocycles. The van der Waals surface area contributed by atoms with Gasteiger partial charge in [-0.25, -0.2) is 0 Å². The number of carbonyl (C=O) groups excluding carboxylic acids is 1. The number of hydrogen-bond acceptors (Lipinski definition) is 4. The zero-order valence-electron chi connectivity index (χ0n) is 6.13. The topological polar surface area (TPSA) is 66.8 Å². The molecule has 0 aliphatic carbocycles. The summed E-state index contributed by atoms with van der Waals surface area (Å²) in [5, 5.41) is 0. The van der Waals surface area contributed by atoms with Crippen molar-refractivity contribution in [1.29, 1.82) is 0 Å². The Morgan fingerprint density at radius 2 is 2.10 bits per heavy atom. The molecule has 5 heteroatoms. The third-order valence-corrected chi connectivity index (χ3v) is 2.56. The van der Waals surface area contributed by atoms with Crippen molar-refractivity contribution in [3.63, 3.8) is 0 Å². The van der Waals surface area contributed by atoms with Crippen LogP contribution < -0.4 is 0 Å². The van der Waals surface area contributed by atoms with Crippen LogP contribution in [0.1, 0.15) is 13.8 Å². The summed E-state index contributed by atoms with van der Waals surface area (Å²) in [6, 6.07) is -0.249. The van der Waals surface area contributed by atoms with Crippen LogP contribution in [0.5, 0.6) is 0 Å². The number of Topliss-reactive ketones (excluding diaryl/α,β-unsaturated/α-hetero) is 1. The first-order chi connectivity index (χ1) is 4.48. The zero-order valence-corrected chi connectivity index (χ0v) is 7.13. The summed E-state index contributed by atoms with van der Waals surface area (Å²) in [7, 11) is -3.62. The summed E-state index contributed by atoms with van der Waals surface area (Å²) in [6.07, 6.45) is 0. The van der Waals surface area contributed by atoms with Crippen molar-refractivity contribution >= 4 is 14.6 Å². The van der Waals surface area contributed by atoms with Crippen molar-refractivity contribution in [2.75, 3.05) is 6.61 Å². The number of ketones is 1. The minimum absolute atomic E-state index is 0.229. The van der Waals surface area contributed by atoms with Crippen LogP contribution >= 0.6 is 0 Å². The summed E-state index contributed by atoms with van der Waals surface area (Å²) in [6.45, 7) is 3.17. The fourth-order valence-corrected chi connectivity index (χ4v) is 1.82. The smallest absolute Gasteiger partial charge is 0.390 e. The van der Waals surface area contributed by atoms with E-state index in [-0.39, 0.29) is 18.4 Å². The van der Waals surface area contributed by atoms with E-state index in [1.807, 2.05) is 0 Å². The number of rotatable bonds is 4. The third kappa shape index (κ3) is 4.63. The first kappa shape index (κ1) is 9.77. The van der Waals surface area contributed by atoms with Crippen LogP contribution in [0.25, 0.3) is 0 Å². The molecule has 60 valence electrons. The molecular weight excluding hydrogens is 152 g/mol. The quantitative estimate of drug-likeness (QED) is 0.551. The van der Waals surface area contributed by atoms with Gasteiger partial charge in [0.05, 0.1) is 6.04 Å². The van der Waals surface area contributed by atoms with Crippen LogP contribution in [0.4, 0.5) is 0 Å².